The van der Waals surface area contributed by atoms with Crippen LogP contribution in [0.5, 0.6) is 0 Å². The lowest BCUT2D eigenvalue weighted by Gasteiger charge is -2.14. The highest BCUT2D eigenvalue weighted by molar-refractivity contribution is 7.10. The number of hydrogen-bond donors (Lipinski definition) is 1. The van der Waals surface area contributed by atoms with Crippen LogP contribution in [0.2, 0.25) is 0 Å². The summed E-state index contributed by atoms with van der Waals surface area (Å²) in [7, 11) is 1.58. The zero-order chi connectivity index (χ0) is 15.1. The first-order valence-corrected chi connectivity index (χ1v) is 7.20. The summed E-state index contributed by atoms with van der Waals surface area (Å²) in [5.74, 6) is -0.479. The molecule has 2 aromatic rings. The van der Waals surface area contributed by atoms with Gasteiger partial charge in [-0.15, -0.1) is 11.3 Å². The fourth-order valence-corrected chi connectivity index (χ4v) is 2.13. The van der Waals surface area contributed by atoms with E-state index in [-0.39, 0.29) is 18.4 Å². The second kappa shape index (κ2) is 7.35. The Labute approximate surface area is 126 Å². The molecule has 21 heavy (non-hydrogen) atoms. The quantitative estimate of drug-likeness (QED) is 0.862. The van der Waals surface area contributed by atoms with Crippen LogP contribution in [0.4, 0.5) is 5.69 Å². The number of benzene rings is 1. The number of hydrogen-bond acceptors (Lipinski definition) is 4. The Morgan fingerprint density at radius 2 is 2.10 bits per heavy atom. The minimum atomic E-state index is -0.242. The van der Waals surface area contributed by atoms with E-state index in [9.17, 15) is 9.59 Å². The summed E-state index contributed by atoms with van der Waals surface area (Å²) in [6, 6.07) is 9.13. The van der Waals surface area contributed by atoms with Gasteiger partial charge in [0, 0.05) is 30.4 Å². The predicted molar refractivity (Wildman–Crippen MR) is 83.9 cm³/mol. The molecule has 0 aliphatic carbocycles. The second-order valence-corrected chi connectivity index (χ2v) is 5.24. The summed E-state index contributed by atoms with van der Waals surface area (Å²) in [6.07, 6.45) is 4.72. The SMILES string of the molecule is CN(CC(=O)Nc1ccccc1)C(=O)C=Cc1nccs1. The van der Waals surface area contributed by atoms with E-state index in [2.05, 4.69) is 10.3 Å². The number of para-hydroxylation sites is 1. The van der Waals surface area contributed by atoms with Crippen LogP contribution in [-0.4, -0.2) is 35.3 Å². The number of carbonyl (C=O) groups is 2. The Balaban J connectivity index is 1.84. The van der Waals surface area contributed by atoms with Crippen molar-refractivity contribution in [2.75, 3.05) is 18.9 Å². The van der Waals surface area contributed by atoms with Crippen LogP contribution in [0.1, 0.15) is 5.01 Å². The first-order chi connectivity index (χ1) is 10.1. The predicted octanol–water partition coefficient (Wildman–Crippen LogP) is 2.25. The van der Waals surface area contributed by atoms with Crippen molar-refractivity contribution in [1.29, 1.82) is 0 Å². The summed E-state index contributed by atoms with van der Waals surface area (Å²) in [4.78, 5) is 29.1. The molecular formula is C15H15N3O2S. The van der Waals surface area contributed by atoms with E-state index in [0.717, 1.165) is 5.01 Å². The average molecular weight is 301 g/mol. The first kappa shape index (κ1) is 14.9. The standard InChI is InChI=1S/C15H15N3O2S/c1-18(15(20)8-7-14-16-9-10-21-14)11-13(19)17-12-5-3-2-4-6-12/h2-10H,11H2,1H3,(H,17,19). The molecule has 5 nitrogen and oxygen atoms in total. The zero-order valence-corrected chi connectivity index (χ0v) is 12.3. The number of rotatable bonds is 5. The molecule has 0 unspecified atom stereocenters. The second-order valence-electron chi connectivity index (χ2n) is 4.31. The largest absolute Gasteiger partial charge is 0.333 e. The lowest BCUT2D eigenvalue weighted by Crippen LogP contribution is -2.33. The van der Waals surface area contributed by atoms with Crippen LogP contribution >= 0.6 is 11.3 Å². The van der Waals surface area contributed by atoms with Crippen LogP contribution in [0.15, 0.2) is 48.0 Å². The third-order valence-electron chi connectivity index (χ3n) is 2.63. The molecular weight excluding hydrogens is 286 g/mol. The van der Waals surface area contributed by atoms with Crippen LogP contribution < -0.4 is 5.32 Å². The van der Waals surface area contributed by atoms with E-state index in [1.54, 1.807) is 31.5 Å². The number of likely N-dealkylation sites (N-methyl/N-ethyl adjacent to an activating group) is 1. The molecule has 0 saturated heterocycles. The normalized spacial score (nSPS) is 10.5. The maximum absolute atomic E-state index is 11.9. The van der Waals surface area contributed by atoms with Gasteiger partial charge in [-0.1, -0.05) is 18.2 Å². The van der Waals surface area contributed by atoms with Crippen LogP contribution in [0.25, 0.3) is 6.08 Å². The maximum Gasteiger partial charge on any atom is 0.246 e. The molecule has 0 aliphatic heterocycles. The van der Waals surface area contributed by atoms with Crippen LogP contribution in [0, 0.1) is 0 Å². The Hall–Kier alpha value is -2.47. The molecule has 2 rings (SSSR count). The Kier molecular flexibility index (Phi) is 5.22. The molecule has 0 bridgehead atoms. The third-order valence-corrected chi connectivity index (χ3v) is 3.38. The minimum Gasteiger partial charge on any atom is -0.333 e. The molecule has 2 amide bonds. The van der Waals surface area contributed by atoms with Crippen molar-refractivity contribution < 1.29 is 9.59 Å². The summed E-state index contributed by atoms with van der Waals surface area (Å²) < 4.78 is 0. The fourth-order valence-electron chi connectivity index (χ4n) is 1.60. The smallest absolute Gasteiger partial charge is 0.246 e. The highest BCUT2D eigenvalue weighted by Gasteiger charge is 2.10. The summed E-state index contributed by atoms with van der Waals surface area (Å²) in [5.41, 5.74) is 0.710. The third kappa shape index (κ3) is 4.85. The fraction of sp³-hybridized carbons (Fsp3) is 0.133. The molecule has 0 radical (unpaired) electrons. The number of carbonyl (C=O) groups excluding carboxylic acids is 2. The molecule has 108 valence electrons. The molecule has 1 aromatic heterocycles. The van der Waals surface area contributed by atoms with Crippen molar-refractivity contribution in [2.24, 2.45) is 0 Å². The number of amides is 2. The zero-order valence-electron chi connectivity index (χ0n) is 11.5. The van der Waals surface area contributed by atoms with E-state index in [4.69, 9.17) is 0 Å². The van der Waals surface area contributed by atoms with E-state index in [1.807, 2.05) is 23.6 Å². The molecule has 6 heteroatoms. The summed E-state index contributed by atoms with van der Waals surface area (Å²) in [5, 5.41) is 5.32. The van der Waals surface area contributed by atoms with Gasteiger partial charge >= 0.3 is 0 Å². The molecule has 0 fully saturated rings. The summed E-state index contributed by atoms with van der Waals surface area (Å²) >= 11 is 1.44. The maximum atomic E-state index is 11.9. The molecule has 0 saturated carbocycles. The molecule has 0 aliphatic rings. The van der Waals surface area contributed by atoms with Gasteiger partial charge in [0.25, 0.3) is 0 Å². The topological polar surface area (TPSA) is 62.3 Å². The lowest BCUT2D eigenvalue weighted by atomic mass is 10.3. The molecule has 1 heterocycles. The van der Waals surface area contributed by atoms with Gasteiger partial charge in [-0.25, -0.2) is 4.98 Å². The van der Waals surface area contributed by atoms with E-state index in [0.29, 0.717) is 5.69 Å². The molecule has 0 atom stereocenters. The summed E-state index contributed by atoms with van der Waals surface area (Å²) in [6.45, 7) is -0.00403. The van der Waals surface area contributed by atoms with Gasteiger partial charge in [-0.05, 0) is 18.2 Å². The highest BCUT2D eigenvalue weighted by atomic mass is 32.1. The van der Waals surface area contributed by atoms with Gasteiger partial charge in [-0.2, -0.15) is 0 Å². The Bertz CT molecular complexity index is 624. The van der Waals surface area contributed by atoms with Gasteiger partial charge in [0.15, 0.2) is 0 Å². The highest BCUT2D eigenvalue weighted by Crippen LogP contribution is 2.07. The van der Waals surface area contributed by atoms with Crippen LogP contribution in [-0.2, 0) is 9.59 Å². The van der Waals surface area contributed by atoms with E-state index < -0.39 is 0 Å². The Morgan fingerprint density at radius 3 is 2.76 bits per heavy atom. The first-order valence-electron chi connectivity index (χ1n) is 6.33. The van der Waals surface area contributed by atoms with Crippen molar-refractivity contribution in [3.05, 3.63) is 53.0 Å². The monoisotopic (exact) mass is 301 g/mol. The minimum absolute atomic E-state index is 0.00403. The number of aromatic nitrogens is 1. The van der Waals surface area contributed by atoms with Crippen molar-refractivity contribution in [3.63, 3.8) is 0 Å². The van der Waals surface area contributed by atoms with Crippen LogP contribution in [0.3, 0.4) is 0 Å². The molecule has 1 aromatic carbocycles. The van der Waals surface area contributed by atoms with Crippen molar-refractivity contribution in [2.45, 2.75) is 0 Å². The van der Waals surface area contributed by atoms with E-state index in [1.165, 1.54) is 22.3 Å². The number of nitrogens with zero attached hydrogens (tertiary/aromatic N) is 2. The molecule has 0 spiro atoms. The average Bonchev–Trinajstić information content (AvgIpc) is 2.98. The number of thiazole rings is 1. The van der Waals surface area contributed by atoms with Crippen molar-refractivity contribution in [1.82, 2.24) is 9.88 Å². The lowest BCUT2D eigenvalue weighted by molar-refractivity contribution is -0.129. The molecule has 1 N–H and O–H groups in total. The van der Waals surface area contributed by atoms with Gasteiger partial charge in [0.1, 0.15) is 5.01 Å². The van der Waals surface area contributed by atoms with Gasteiger partial charge in [0.2, 0.25) is 11.8 Å². The number of anilines is 1. The van der Waals surface area contributed by atoms with E-state index >= 15 is 0 Å². The number of nitrogens with one attached hydrogen (secondary N) is 1. The van der Waals surface area contributed by atoms with Gasteiger partial charge in [-0.3, -0.25) is 9.59 Å². The van der Waals surface area contributed by atoms with Gasteiger partial charge < -0.3 is 10.2 Å². The van der Waals surface area contributed by atoms with Gasteiger partial charge in [0.05, 0.1) is 6.54 Å². The van der Waals surface area contributed by atoms with Crippen molar-refractivity contribution >= 4 is 34.9 Å². The Morgan fingerprint density at radius 1 is 1.33 bits per heavy atom. The van der Waals surface area contributed by atoms with Crippen molar-refractivity contribution in [3.8, 4) is 0 Å².